The molecule has 0 atom stereocenters. The molecule has 0 spiro atoms. The Morgan fingerprint density at radius 2 is 1.86 bits per heavy atom. The van der Waals surface area contributed by atoms with Crippen LogP contribution < -0.4 is 14.8 Å². The van der Waals surface area contributed by atoms with Gasteiger partial charge in [-0.15, -0.1) is 0 Å². The minimum atomic E-state index is -0.362. The number of halogens is 1. The fourth-order valence-corrected chi connectivity index (χ4v) is 2.92. The van der Waals surface area contributed by atoms with E-state index in [0.29, 0.717) is 28.8 Å². The first-order chi connectivity index (χ1) is 13.9. The van der Waals surface area contributed by atoms with Crippen LogP contribution >= 0.6 is 11.6 Å². The number of ether oxygens (including phenoxy) is 2. The number of carbonyl (C=O) groups is 1. The molecule has 2 aromatic rings. The Morgan fingerprint density at radius 3 is 2.41 bits per heavy atom. The van der Waals surface area contributed by atoms with Gasteiger partial charge in [0.1, 0.15) is 23.1 Å². The zero-order chi connectivity index (χ0) is 21.4. The third-order valence-electron chi connectivity index (χ3n) is 4.28. The van der Waals surface area contributed by atoms with E-state index in [2.05, 4.69) is 5.32 Å². The number of rotatable bonds is 8. The minimum absolute atomic E-state index is 0.0226. The largest absolute Gasteiger partial charge is 0.495 e. The number of benzene rings is 2. The zero-order valence-electron chi connectivity index (χ0n) is 16.9. The predicted octanol–water partition coefficient (Wildman–Crippen LogP) is 4.61. The summed E-state index contributed by atoms with van der Waals surface area (Å²) in [5.74, 6) is 0.543. The Balaban J connectivity index is 2.28. The van der Waals surface area contributed by atoms with Gasteiger partial charge in [-0.2, -0.15) is 5.26 Å². The van der Waals surface area contributed by atoms with Crippen molar-refractivity contribution in [2.24, 2.45) is 0 Å². The lowest BCUT2D eigenvalue weighted by Crippen LogP contribution is -2.37. The van der Waals surface area contributed by atoms with Crippen LogP contribution in [-0.2, 0) is 11.3 Å². The zero-order valence-corrected chi connectivity index (χ0v) is 17.7. The summed E-state index contributed by atoms with van der Waals surface area (Å²) in [6.07, 6.45) is 1.37. The molecule has 0 radical (unpaired) electrons. The monoisotopic (exact) mass is 413 g/mol. The smallest absolute Gasteiger partial charge is 0.266 e. The molecule has 0 aromatic heterocycles. The van der Waals surface area contributed by atoms with Crippen molar-refractivity contribution in [3.8, 4) is 17.6 Å². The second-order valence-electron chi connectivity index (χ2n) is 6.51. The Hall–Kier alpha value is -3.17. The maximum absolute atomic E-state index is 13.0. The van der Waals surface area contributed by atoms with E-state index in [1.54, 1.807) is 17.0 Å². The van der Waals surface area contributed by atoms with E-state index < -0.39 is 0 Å². The van der Waals surface area contributed by atoms with Crippen molar-refractivity contribution < 1.29 is 14.3 Å². The predicted molar refractivity (Wildman–Crippen MR) is 114 cm³/mol. The summed E-state index contributed by atoms with van der Waals surface area (Å²) >= 11 is 6.11. The fourth-order valence-electron chi connectivity index (χ4n) is 2.69. The Bertz CT molecular complexity index is 921. The molecule has 0 aliphatic rings. The summed E-state index contributed by atoms with van der Waals surface area (Å²) in [7, 11) is 3.01. The number of hydrogen-bond acceptors (Lipinski definition) is 5. The van der Waals surface area contributed by atoms with Gasteiger partial charge in [0.25, 0.3) is 5.91 Å². The van der Waals surface area contributed by atoms with Crippen LogP contribution in [0.1, 0.15) is 19.4 Å². The molecule has 2 rings (SSSR count). The van der Waals surface area contributed by atoms with Crippen molar-refractivity contribution in [3.63, 3.8) is 0 Å². The fraction of sp³-hybridized carbons (Fsp3) is 0.273. The van der Waals surface area contributed by atoms with Crippen molar-refractivity contribution in [1.82, 2.24) is 4.90 Å². The first kappa shape index (κ1) is 22.1. The quantitative estimate of drug-likeness (QED) is 0.505. The maximum atomic E-state index is 13.0. The number of amides is 1. The minimum Gasteiger partial charge on any atom is -0.495 e. The van der Waals surface area contributed by atoms with Crippen LogP contribution in [0.15, 0.2) is 54.2 Å². The second-order valence-corrected chi connectivity index (χ2v) is 6.92. The van der Waals surface area contributed by atoms with Gasteiger partial charge in [-0.1, -0.05) is 41.9 Å². The summed E-state index contributed by atoms with van der Waals surface area (Å²) in [5.41, 5.74) is 1.49. The van der Waals surface area contributed by atoms with E-state index in [1.807, 2.05) is 50.2 Å². The molecule has 0 saturated carbocycles. The molecule has 0 fully saturated rings. The van der Waals surface area contributed by atoms with E-state index in [0.717, 1.165) is 5.56 Å². The van der Waals surface area contributed by atoms with E-state index in [9.17, 15) is 10.1 Å². The first-order valence-electron chi connectivity index (χ1n) is 9.04. The number of carbonyl (C=O) groups excluding carboxylic acids is 1. The average molecular weight is 414 g/mol. The standard InChI is InChI=1S/C22H24ClN3O3/c1-15(2)26(14-16-8-6-5-7-9-16)22(27)17(12-24)13-25-19-11-20(28-3)18(23)10-21(19)29-4/h5-11,13,15,25H,14H2,1-4H3/b17-13-. The summed E-state index contributed by atoms with van der Waals surface area (Å²) in [5, 5.41) is 12.9. The molecule has 1 amide bonds. The second kappa shape index (κ2) is 10.4. The molecule has 7 heteroatoms. The van der Waals surface area contributed by atoms with Crippen LogP contribution in [0.2, 0.25) is 5.02 Å². The van der Waals surface area contributed by atoms with Gasteiger partial charge in [0.2, 0.25) is 0 Å². The molecule has 0 aliphatic carbocycles. The third kappa shape index (κ3) is 5.66. The lowest BCUT2D eigenvalue weighted by Gasteiger charge is -2.26. The molecule has 152 valence electrons. The van der Waals surface area contributed by atoms with Gasteiger partial charge in [0.15, 0.2) is 0 Å². The maximum Gasteiger partial charge on any atom is 0.266 e. The van der Waals surface area contributed by atoms with Crippen LogP contribution in [0.5, 0.6) is 11.5 Å². The van der Waals surface area contributed by atoms with Gasteiger partial charge in [-0.25, -0.2) is 0 Å². The summed E-state index contributed by atoms with van der Waals surface area (Å²) in [4.78, 5) is 14.6. The van der Waals surface area contributed by atoms with Gasteiger partial charge in [-0.05, 0) is 19.4 Å². The van der Waals surface area contributed by atoms with Crippen molar-refractivity contribution >= 4 is 23.2 Å². The van der Waals surface area contributed by atoms with Crippen LogP contribution in [0.25, 0.3) is 0 Å². The summed E-state index contributed by atoms with van der Waals surface area (Å²) < 4.78 is 10.5. The molecule has 0 aliphatic heterocycles. The molecule has 1 N–H and O–H groups in total. The molecule has 6 nitrogen and oxygen atoms in total. The van der Waals surface area contributed by atoms with E-state index in [1.165, 1.54) is 20.4 Å². The molecule has 0 unspecified atom stereocenters. The molecule has 2 aromatic carbocycles. The highest BCUT2D eigenvalue weighted by atomic mass is 35.5. The van der Waals surface area contributed by atoms with Gasteiger partial charge >= 0.3 is 0 Å². The summed E-state index contributed by atoms with van der Waals surface area (Å²) in [6, 6.07) is 14.8. The number of hydrogen-bond donors (Lipinski definition) is 1. The Labute approximate surface area is 176 Å². The van der Waals surface area contributed by atoms with Crippen molar-refractivity contribution in [2.75, 3.05) is 19.5 Å². The van der Waals surface area contributed by atoms with Gasteiger partial charge < -0.3 is 19.7 Å². The van der Waals surface area contributed by atoms with Crippen LogP contribution in [0, 0.1) is 11.3 Å². The van der Waals surface area contributed by atoms with Gasteiger partial charge in [0, 0.05) is 30.9 Å². The number of nitriles is 1. The lowest BCUT2D eigenvalue weighted by atomic mass is 10.1. The molecule has 0 heterocycles. The molecule has 0 bridgehead atoms. The van der Waals surface area contributed by atoms with Crippen molar-refractivity contribution in [1.29, 1.82) is 5.26 Å². The highest BCUT2D eigenvalue weighted by molar-refractivity contribution is 6.32. The topological polar surface area (TPSA) is 74.6 Å². The number of nitrogens with one attached hydrogen (secondary N) is 1. The van der Waals surface area contributed by atoms with Gasteiger partial charge in [-0.3, -0.25) is 4.79 Å². The van der Waals surface area contributed by atoms with Crippen LogP contribution in [-0.4, -0.2) is 31.1 Å². The van der Waals surface area contributed by atoms with E-state index >= 15 is 0 Å². The third-order valence-corrected chi connectivity index (χ3v) is 4.57. The van der Waals surface area contributed by atoms with Crippen LogP contribution in [0.4, 0.5) is 5.69 Å². The van der Waals surface area contributed by atoms with Gasteiger partial charge in [0.05, 0.1) is 24.9 Å². The number of anilines is 1. The molecule has 0 saturated heterocycles. The highest BCUT2D eigenvalue weighted by Crippen LogP contribution is 2.36. The molecular formula is C22H24ClN3O3. The summed E-state index contributed by atoms with van der Waals surface area (Å²) in [6.45, 7) is 4.24. The van der Waals surface area contributed by atoms with Crippen molar-refractivity contribution in [2.45, 2.75) is 26.4 Å². The Kier molecular flexibility index (Phi) is 7.93. The average Bonchev–Trinajstić information content (AvgIpc) is 2.73. The van der Waals surface area contributed by atoms with E-state index in [-0.39, 0.29) is 17.5 Å². The van der Waals surface area contributed by atoms with Crippen molar-refractivity contribution in [3.05, 3.63) is 64.8 Å². The number of nitrogens with zero attached hydrogens (tertiary/aromatic N) is 2. The highest BCUT2D eigenvalue weighted by Gasteiger charge is 2.21. The Morgan fingerprint density at radius 1 is 1.21 bits per heavy atom. The normalized spacial score (nSPS) is 11.0. The first-order valence-corrected chi connectivity index (χ1v) is 9.42. The SMILES string of the molecule is COc1cc(N/C=C(/C#N)C(=O)N(Cc2ccccc2)C(C)C)c(OC)cc1Cl. The van der Waals surface area contributed by atoms with Crippen LogP contribution in [0.3, 0.4) is 0 Å². The number of methoxy groups -OCH3 is 2. The lowest BCUT2D eigenvalue weighted by molar-refractivity contribution is -0.129. The molecule has 29 heavy (non-hydrogen) atoms. The molecular weight excluding hydrogens is 390 g/mol. The van der Waals surface area contributed by atoms with E-state index in [4.69, 9.17) is 21.1 Å².